The van der Waals surface area contributed by atoms with Crippen LogP contribution in [0, 0.1) is 0 Å². The zero-order valence-corrected chi connectivity index (χ0v) is 21.8. The fourth-order valence-corrected chi connectivity index (χ4v) is 1.07. The standard InChI is InChI=1S/C9H20O4.C6H10O3.3C3H4O2/c1-7(11)5-12-9(3)6-13-8(2)4-10;1-5(6(8)9)3-2-4-7;3*1-2-3(4)5/h7-11H,4-6H2,1-3H3;3,7H,2,4H2,1H3,(H,8,9);3*2H,1H2,(H,4,5). The van der Waals surface area contributed by atoms with Crippen LogP contribution in [0.4, 0.5) is 0 Å². The van der Waals surface area contributed by atoms with Crippen molar-refractivity contribution in [3.63, 3.8) is 0 Å². The van der Waals surface area contributed by atoms with Crippen LogP contribution in [0.1, 0.15) is 34.1 Å². The van der Waals surface area contributed by atoms with Gasteiger partial charge in [-0.3, -0.25) is 0 Å². The van der Waals surface area contributed by atoms with Gasteiger partial charge in [-0.05, 0) is 34.1 Å². The van der Waals surface area contributed by atoms with E-state index in [4.69, 9.17) is 45.2 Å². The average molecular weight is 539 g/mol. The smallest absolute Gasteiger partial charge is 0.330 e. The molecule has 0 aromatic heterocycles. The van der Waals surface area contributed by atoms with E-state index < -0.39 is 30.0 Å². The largest absolute Gasteiger partial charge is 0.478 e. The Hall–Kier alpha value is -3.36. The van der Waals surface area contributed by atoms with Crippen molar-refractivity contribution >= 4 is 23.9 Å². The van der Waals surface area contributed by atoms with Crippen LogP contribution >= 0.6 is 0 Å². The van der Waals surface area contributed by atoms with E-state index in [9.17, 15) is 19.2 Å². The van der Waals surface area contributed by atoms with Crippen LogP contribution in [-0.4, -0.2) is 104 Å². The summed E-state index contributed by atoms with van der Waals surface area (Å²) in [5, 5.41) is 56.9. The lowest BCUT2D eigenvalue weighted by molar-refractivity contribution is -0.133. The molecule has 13 heteroatoms. The van der Waals surface area contributed by atoms with Crippen molar-refractivity contribution in [1.82, 2.24) is 0 Å². The number of aliphatic hydroxyl groups is 3. The SMILES string of the molecule is C=CC(=O)O.C=CC(=O)O.C=CC(=O)O.CC(=CCCO)C(=O)O.CC(O)COC(C)COC(C)CO. The van der Waals surface area contributed by atoms with Crippen LogP contribution in [0.3, 0.4) is 0 Å². The topological polar surface area (TPSA) is 228 Å². The fourth-order valence-electron chi connectivity index (χ4n) is 1.07. The van der Waals surface area contributed by atoms with Gasteiger partial charge >= 0.3 is 23.9 Å². The van der Waals surface area contributed by atoms with Crippen molar-refractivity contribution in [2.75, 3.05) is 26.4 Å². The number of rotatable bonds is 13. The zero-order valence-electron chi connectivity index (χ0n) is 21.8. The normalized spacial score (nSPS) is 11.8. The van der Waals surface area contributed by atoms with E-state index in [1.807, 2.05) is 6.92 Å². The lowest BCUT2D eigenvalue weighted by Gasteiger charge is -2.16. The van der Waals surface area contributed by atoms with Crippen LogP contribution in [0.2, 0.25) is 0 Å². The number of hydrogen-bond donors (Lipinski definition) is 7. The summed E-state index contributed by atoms with van der Waals surface area (Å²) in [6.07, 6.45) is 3.75. The Morgan fingerprint density at radius 3 is 1.35 bits per heavy atom. The second kappa shape index (κ2) is 32.6. The molecule has 37 heavy (non-hydrogen) atoms. The summed E-state index contributed by atoms with van der Waals surface area (Å²) >= 11 is 0. The van der Waals surface area contributed by atoms with Crippen molar-refractivity contribution in [3.8, 4) is 0 Å². The highest BCUT2D eigenvalue weighted by Crippen LogP contribution is 1.97. The van der Waals surface area contributed by atoms with Crippen molar-refractivity contribution in [1.29, 1.82) is 0 Å². The van der Waals surface area contributed by atoms with Gasteiger partial charge in [0.15, 0.2) is 0 Å². The molecule has 3 unspecified atom stereocenters. The molecule has 7 N–H and O–H groups in total. The molecule has 0 aliphatic rings. The number of hydrogen-bond acceptors (Lipinski definition) is 9. The van der Waals surface area contributed by atoms with Crippen molar-refractivity contribution < 1.29 is 64.4 Å². The van der Waals surface area contributed by atoms with Gasteiger partial charge in [-0.15, -0.1) is 0 Å². The molecule has 13 nitrogen and oxygen atoms in total. The van der Waals surface area contributed by atoms with Crippen LogP contribution < -0.4 is 0 Å². The Balaban J connectivity index is -0.000000124. The van der Waals surface area contributed by atoms with Gasteiger partial charge in [0, 0.05) is 30.4 Å². The number of carbonyl (C=O) groups is 4. The number of aliphatic carboxylic acids is 4. The Kier molecular flexibility index (Phi) is 38.5. The summed E-state index contributed by atoms with van der Waals surface area (Å²) < 4.78 is 10.5. The Morgan fingerprint density at radius 2 is 1.11 bits per heavy atom. The monoisotopic (exact) mass is 538 g/mol. The van der Waals surface area contributed by atoms with Crippen LogP contribution in [0.15, 0.2) is 49.6 Å². The molecule has 0 bridgehead atoms. The molecular weight excluding hydrogens is 496 g/mol. The van der Waals surface area contributed by atoms with Gasteiger partial charge in [-0.2, -0.15) is 0 Å². The van der Waals surface area contributed by atoms with Crippen LogP contribution in [0.25, 0.3) is 0 Å². The van der Waals surface area contributed by atoms with Gasteiger partial charge in [-0.25, -0.2) is 19.2 Å². The summed E-state index contributed by atoms with van der Waals surface area (Å²) in [5.41, 5.74) is 0.282. The first kappa shape index (κ1) is 43.7. The second-order valence-corrected chi connectivity index (χ2v) is 6.65. The number of carboxylic acid groups (broad SMARTS) is 4. The molecule has 0 aromatic carbocycles. The third-order valence-corrected chi connectivity index (χ3v) is 2.94. The summed E-state index contributed by atoms with van der Waals surface area (Å²) in [6, 6.07) is 0. The first-order valence-electron chi connectivity index (χ1n) is 10.6. The third-order valence-electron chi connectivity index (χ3n) is 2.94. The van der Waals surface area contributed by atoms with E-state index in [-0.39, 0.29) is 31.0 Å². The minimum atomic E-state index is -0.981. The molecule has 0 aliphatic carbocycles. The Morgan fingerprint density at radius 1 is 0.757 bits per heavy atom. The van der Waals surface area contributed by atoms with Gasteiger partial charge in [0.25, 0.3) is 0 Å². The van der Waals surface area contributed by atoms with E-state index in [1.165, 1.54) is 13.0 Å². The Labute approximate surface area is 217 Å². The van der Waals surface area contributed by atoms with Gasteiger partial charge < -0.3 is 45.2 Å². The van der Waals surface area contributed by atoms with Crippen LogP contribution in [0.5, 0.6) is 0 Å². The summed E-state index contributed by atoms with van der Waals surface area (Å²) in [4.78, 5) is 37.8. The predicted octanol–water partition coefficient (Wildman–Crippen LogP) is 1.34. The second-order valence-electron chi connectivity index (χ2n) is 6.65. The predicted molar refractivity (Wildman–Crippen MR) is 136 cm³/mol. The molecule has 0 aromatic rings. The molecule has 0 saturated heterocycles. The molecule has 0 spiro atoms. The highest BCUT2D eigenvalue weighted by molar-refractivity contribution is 5.85. The molecule has 0 amide bonds. The molecule has 0 fully saturated rings. The first-order chi connectivity index (χ1) is 17.0. The maximum absolute atomic E-state index is 10.1. The molecule has 0 heterocycles. The first-order valence-corrected chi connectivity index (χ1v) is 10.6. The minimum absolute atomic E-state index is 0.00458. The molecule has 216 valence electrons. The molecule has 3 atom stereocenters. The number of aliphatic hydroxyl groups excluding tert-OH is 3. The van der Waals surface area contributed by atoms with Gasteiger partial charge in [-0.1, -0.05) is 25.8 Å². The van der Waals surface area contributed by atoms with Crippen LogP contribution in [-0.2, 0) is 28.7 Å². The lowest BCUT2D eigenvalue weighted by Crippen LogP contribution is -2.24. The van der Waals surface area contributed by atoms with E-state index >= 15 is 0 Å². The van der Waals surface area contributed by atoms with E-state index in [2.05, 4.69) is 19.7 Å². The number of carboxylic acids is 4. The molecule has 0 aliphatic heterocycles. The van der Waals surface area contributed by atoms with Gasteiger partial charge in [0.05, 0.1) is 38.1 Å². The summed E-state index contributed by atoms with van der Waals surface area (Å²) in [6.45, 7) is 16.5. The van der Waals surface area contributed by atoms with Crippen molar-refractivity contribution in [3.05, 3.63) is 49.6 Å². The Bertz CT molecular complexity index is 627. The van der Waals surface area contributed by atoms with Gasteiger partial charge in [0.1, 0.15) is 0 Å². The van der Waals surface area contributed by atoms with Crippen molar-refractivity contribution in [2.45, 2.75) is 52.4 Å². The lowest BCUT2D eigenvalue weighted by atomic mass is 10.2. The highest BCUT2D eigenvalue weighted by atomic mass is 16.5. The van der Waals surface area contributed by atoms with Crippen molar-refractivity contribution in [2.24, 2.45) is 0 Å². The maximum Gasteiger partial charge on any atom is 0.330 e. The number of ether oxygens (including phenoxy) is 2. The van der Waals surface area contributed by atoms with Gasteiger partial charge in [0.2, 0.25) is 0 Å². The summed E-state index contributed by atoms with van der Waals surface area (Å²) in [5.74, 6) is -3.87. The van der Waals surface area contributed by atoms with E-state index in [0.29, 0.717) is 19.6 Å². The minimum Gasteiger partial charge on any atom is -0.478 e. The highest BCUT2D eigenvalue weighted by Gasteiger charge is 2.07. The fraction of sp³-hybridized carbons (Fsp3) is 0.500. The molecule has 0 radical (unpaired) electrons. The van der Waals surface area contributed by atoms with E-state index in [0.717, 1.165) is 18.2 Å². The molecular formula is C24H42O13. The summed E-state index contributed by atoms with van der Waals surface area (Å²) in [7, 11) is 0. The quantitative estimate of drug-likeness (QED) is 0.164. The third kappa shape index (κ3) is 59.8. The molecule has 0 rings (SSSR count). The maximum atomic E-state index is 10.1. The zero-order chi connectivity index (χ0) is 30.4. The van der Waals surface area contributed by atoms with E-state index in [1.54, 1.807) is 13.8 Å². The average Bonchev–Trinajstić information content (AvgIpc) is 2.85. The molecule has 0 saturated carbocycles.